The fourth-order valence-corrected chi connectivity index (χ4v) is 2.84. The molecule has 0 heterocycles. The number of rotatable bonds is 3. The van der Waals surface area contributed by atoms with Crippen LogP contribution in [0.15, 0.2) is 39.3 Å². The Labute approximate surface area is 135 Å². The molecular weight excluding hydrogens is 387 g/mol. The van der Waals surface area contributed by atoms with Gasteiger partial charge in [-0.25, -0.2) is 4.39 Å². The SMILES string of the molecule is Cc1cc(C(O)Cc2cc(Br)ccc2F)cc(C)c1Br. The van der Waals surface area contributed by atoms with Gasteiger partial charge in [-0.1, -0.05) is 44.0 Å². The van der Waals surface area contributed by atoms with E-state index in [-0.39, 0.29) is 12.2 Å². The molecule has 4 heteroatoms. The maximum Gasteiger partial charge on any atom is 0.126 e. The van der Waals surface area contributed by atoms with E-state index in [2.05, 4.69) is 31.9 Å². The molecule has 1 nitrogen and oxygen atoms in total. The molecule has 2 aromatic rings. The molecule has 0 aliphatic heterocycles. The molecule has 1 unspecified atom stereocenters. The smallest absolute Gasteiger partial charge is 0.126 e. The minimum absolute atomic E-state index is 0.256. The molecule has 1 atom stereocenters. The molecule has 0 bridgehead atoms. The summed E-state index contributed by atoms with van der Waals surface area (Å²) in [6, 6.07) is 8.62. The molecule has 0 amide bonds. The van der Waals surface area contributed by atoms with Gasteiger partial charge in [0, 0.05) is 15.4 Å². The Morgan fingerprint density at radius 2 is 1.70 bits per heavy atom. The normalized spacial score (nSPS) is 12.5. The Morgan fingerprint density at radius 1 is 1.10 bits per heavy atom. The van der Waals surface area contributed by atoms with Gasteiger partial charge in [-0.2, -0.15) is 0 Å². The van der Waals surface area contributed by atoms with E-state index in [0.29, 0.717) is 5.56 Å². The third kappa shape index (κ3) is 3.48. The van der Waals surface area contributed by atoms with Crippen molar-refractivity contribution in [3.8, 4) is 0 Å². The van der Waals surface area contributed by atoms with Gasteiger partial charge < -0.3 is 5.11 Å². The minimum atomic E-state index is -0.718. The van der Waals surface area contributed by atoms with Gasteiger partial charge in [-0.15, -0.1) is 0 Å². The fraction of sp³-hybridized carbons (Fsp3) is 0.250. The standard InChI is InChI=1S/C16H15Br2FO/c1-9-5-12(6-10(2)16(9)18)15(20)8-11-7-13(17)3-4-14(11)19/h3-7,15,20H,8H2,1-2H3. The number of aliphatic hydroxyl groups is 1. The van der Waals surface area contributed by atoms with Gasteiger partial charge in [0.1, 0.15) is 5.82 Å². The summed E-state index contributed by atoms with van der Waals surface area (Å²) in [5.41, 5.74) is 3.44. The zero-order valence-electron chi connectivity index (χ0n) is 11.3. The van der Waals surface area contributed by atoms with Crippen LogP contribution in [0, 0.1) is 19.7 Å². The van der Waals surface area contributed by atoms with Crippen molar-refractivity contribution in [1.82, 2.24) is 0 Å². The number of aryl methyl sites for hydroxylation is 2. The van der Waals surface area contributed by atoms with Crippen LogP contribution in [0.25, 0.3) is 0 Å². The molecular formula is C16H15Br2FO. The summed E-state index contributed by atoms with van der Waals surface area (Å²) in [6.45, 7) is 3.96. The first-order valence-electron chi connectivity index (χ1n) is 6.27. The van der Waals surface area contributed by atoms with Crippen LogP contribution in [0.4, 0.5) is 4.39 Å². The topological polar surface area (TPSA) is 20.2 Å². The van der Waals surface area contributed by atoms with E-state index >= 15 is 0 Å². The van der Waals surface area contributed by atoms with Crippen molar-refractivity contribution < 1.29 is 9.50 Å². The lowest BCUT2D eigenvalue weighted by Gasteiger charge is -2.15. The van der Waals surface area contributed by atoms with Crippen molar-refractivity contribution in [2.45, 2.75) is 26.4 Å². The van der Waals surface area contributed by atoms with Gasteiger partial charge in [-0.05, 0) is 54.3 Å². The second-order valence-electron chi connectivity index (χ2n) is 4.92. The summed E-state index contributed by atoms with van der Waals surface area (Å²) < 4.78 is 15.6. The quantitative estimate of drug-likeness (QED) is 0.745. The van der Waals surface area contributed by atoms with E-state index in [9.17, 15) is 9.50 Å². The average molecular weight is 402 g/mol. The second-order valence-corrected chi connectivity index (χ2v) is 6.63. The molecule has 0 fully saturated rings. The molecule has 2 aromatic carbocycles. The Balaban J connectivity index is 2.28. The number of halogens is 3. The van der Waals surface area contributed by atoms with Crippen molar-refractivity contribution >= 4 is 31.9 Å². The van der Waals surface area contributed by atoms with Gasteiger partial charge >= 0.3 is 0 Å². The van der Waals surface area contributed by atoms with Crippen LogP contribution in [0.5, 0.6) is 0 Å². The molecule has 20 heavy (non-hydrogen) atoms. The highest BCUT2D eigenvalue weighted by Gasteiger charge is 2.14. The molecule has 0 aliphatic carbocycles. The zero-order valence-corrected chi connectivity index (χ0v) is 14.4. The van der Waals surface area contributed by atoms with Crippen LogP contribution < -0.4 is 0 Å². The van der Waals surface area contributed by atoms with Crippen LogP contribution in [-0.4, -0.2) is 5.11 Å². The molecule has 0 aromatic heterocycles. The molecule has 0 radical (unpaired) electrons. The summed E-state index contributed by atoms with van der Waals surface area (Å²) in [7, 11) is 0. The highest BCUT2D eigenvalue weighted by Crippen LogP contribution is 2.28. The Morgan fingerprint density at radius 3 is 2.30 bits per heavy atom. The predicted octanol–water partition coefficient (Wildman–Crippen LogP) is 5.24. The summed E-state index contributed by atoms with van der Waals surface area (Å²) in [4.78, 5) is 0. The summed E-state index contributed by atoms with van der Waals surface area (Å²) in [5, 5.41) is 10.3. The first kappa shape index (κ1) is 15.7. The Bertz CT molecular complexity index is 617. The zero-order chi connectivity index (χ0) is 14.9. The van der Waals surface area contributed by atoms with Gasteiger partial charge in [0.25, 0.3) is 0 Å². The van der Waals surface area contributed by atoms with Crippen molar-refractivity contribution in [1.29, 1.82) is 0 Å². The average Bonchev–Trinajstić information content (AvgIpc) is 2.39. The van der Waals surface area contributed by atoms with Crippen LogP contribution in [0.3, 0.4) is 0 Å². The third-order valence-electron chi connectivity index (χ3n) is 3.26. The largest absolute Gasteiger partial charge is 0.388 e. The highest BCUT2D eigenvalue weighted by molar-refractivity contribution is 9.10. The molecule has 0 saturated heterocycles. The lowest BCUT2D eigenvalue weighted by molar-refractivity contribution is 0.177. The van der Waals surface area contributed by atoms with Gasteiger partial charge in [0.05, 0.1) is 6.10 Å². The third-order valence-corrected chi connectivity index (χ3v) is 5.01. The van der Waals surface area contributed by atoms with Gasteiger partial charge in [-0.3, -0.25) is 0 Å². The fourth-order valence-electron chi connectivity index (χ4n) is 2.20. The molecule has 0 aliphatic rings. The lowest BCUT2D eigenvalue weighted by Crippen LogP contribution is -2.05. The van der Waals surface area contributed by atoms with Crippen molar-refractivity contribution in [2.75, 3.05) is 0 Å². The van der Waals surface area contributed by atoms with Crippen LogP contribution >= 0.6 is 31.9 Å². The summed E-state index contributed by atoms with van der Waals surface area (Å²) in [5.74, 6) is -0.294. The van der Waals surface area contributed by atoms with Crippen molar-refractivity contribution in [3.63, 3.8) is 0 Å². The predicted molar refractivity (Wildman–Crippen MR) is 86.4 cm³/mol. The first-order valence-corrected chi connectivity index (χ1v) is 7.85. The van der Waals surface area contributed by atoms with Gasteiger partial charge in [0.2, 0.25) is 0 Å². The van der Waals surface area contributed by atoms with Crippen molar-refractivity contribution in [2.24, 2.45) is 0 Å². The summed E-state index contributed by atoms with van der Waals surface area (Å²) >= 11 is 6.82. The Hall–Kier alpha value is -0.710. The molecule has 0 saturated carbocycles. The highest BCUT2D eigenvalue weighted by atomic mass is 79.9. The number of benzene rings is 2. The van der Waals surface area contributed by atoms with Crippen LogP contribution in [0.1, 0.15) is 28.4 Å². The number of hydrogen-bond acceptors (Lipinski definition) is 1. The molecule has 106 valence electrons. The van der Waals surface area contributed by atoms with Gasteiger partial charge in [0.15, 0.2) is 0 Å². The lowest BCUT2D eigenvalue weighted by atomic mass is 9.98. The monoisotopic (exact) mass is 400 g/mol. The van der Waals surface area contributed by atoms with E-state index in [1.807, 2.05) is 26.0 Å². The van der Waals surface area contributed by atoms with E-state index in [1.54, 1.807) is 12.1 Å². The van der Waals surface area contributed by atoms with Crippen LogP contribution in [-0.2, 0) is 6.42 Å². The van der Waals surface area contributed by atoms with E-state index in [0.717, 1.165) is 25.6 Å². The number of hydrogen-bond donors (Lipinski definition) is 1. The van der Waals surface area contributed by atoms with Crippen LogP contribution in [0.2, 0.25) is 0 Å². The molecule has 1 N–H and O–H groups in total. The summed E-state index contributed by atoms with van der Waals surface area (Å²) in [6.07, 6.45) is -0.463. The second kappa shape index (κ2) is 6.37. The molecule has 2 rings (SSSR count). The maximum atomic E-state index is 13.7. The number of aliphatic hydroxyl groups excluding tert-OH is 1. The first-order chi connectivity index (χ1) is 9.38. The van der Waals surface area contributed by atoms with E-state index < -0.39 is 6.10 Å². The molecule has 0 spiro atoms. The maximum absolute atomic E-state index is 13.7. The van der Waals surface area contributed by atoms with E-state index in [1.165, 1.54) is 6.07 Å². The Kier molecular flexibility index (Phi) is 4.99. The van der Waals surface area contributed by atoms with E-state index in [4.69, 9.17) is 0 Å². The van der Waals surface area contributed by atoms with Crippen molar-refractivity contribution in [3.05, 3.63) is 67.3 Å². The minimum Gasteiger partial charge on any atom is -0.388 e.